The molecule has 3 rings (SSSR count). The molecule has 1 saturated carbocycles. The van der Waals surface area contributed by atoms with Crippen molar-refractivity contribution in [3.05, 3.63) is 22.2 Å². The number of methoxy groups -OCH3 is 1. The van der Waals surface area contributed by atoms with Crippen molar-refractivity contribution < 1.29 is 18.8 Å². The van der Waals surface area contributed by atoms with Crippen molar-refractivity contribution >= 4 is 11.9 Å². The van der Waals surface area contributed by atoms with E-state index in [1.807, 2.05) is 0 Å². The number of hydrogen-bond acceptors (Lipinski definition) is 5. The summed E-state index contributed by atoms with van der Waals surface area (Å²) in [6, 6.07) is 1.15. The number of nitrogens with one attached hydrogen (secondary N) is 1. The van der Waals surface area contributed by atoms with Crippen molar-refractivity contribution in [1.82, 2.24) is 10.1 Å². The maximum absolute atomic E-state index is 12.1. The number of carbonyl (C=O) groups is 2. The zero-order valence-corrected chi connectivity index (χ0v) is 11.2. The summed E-state index contributed by atoms with van der Waals surface area (Å²) in [5.41, 5.74) is -0.405. The average molecular weight is 280 g/mol. The number of aromatic nitrogens is 1. The summed E-state index contributed by atoms with van der Waals surface area (Å²) < 4.78 is 9.60. The number of rotatable bonds is 2. The molecule has 0 aromatic carbocycles. The molecule has 1 unspecified atom stereocenters. The van der Waals surface area contributed by atoms with Gasteiger partial charge in [0.25, 0.3) is 11.5 Å². The van der Waals surface area contributed by atoms with E-state index in [1.165, 1.54) is 7.11 Å². The number of hydrogen-bond donors (Lipinski definition) is 1. The smallest absolute Gasteiger partial charge is 0.309 e. The van der Waals surface area contributed by atoms with Gasteiger partial charge in [-0.25, -0.2) is 0 Å². The Morgan fingerprint density at radius 2 is 2.15 bits per heavy atom. The maximum Gasteiger partial charge on any atom is 0.309 e. The zero-order chi connectivity index (χ0) is 14.3. The van der Waals surface area contributed by atoms with Crippen LogP contribution in [0.2, 0.25) is 0 Å². The molecule has 0 radical (unpaired) electrons. The van der Waals surface area contributed by atoms with Gasteiger partial charge in [0.05, 0.1) is 19.1 Å². The second kappa shape index (κ2) is 4.50. The van der Waals surface area contributed by atoms with Crippen LogP contribution in [0, 0.1) is 11.3 Å². The molecule has 1 spiro atoms. The Morgan fingerprint density at radius 3 is 2.70 bits per heavy atom. The van der Waals surface area contributed by atoms with E-state index in [1.54, 1.807) is 4.90 Å². The fraction of sp³-hybridized carbons (Fsp3) is 0.615. The van der Waals surface area contributed by atoms with Gasteiger partial charge >= 0.3 is 5.97 Å². The molecule has 1 atom stereocenters. The predicted molar refractivity (Wildman–Crippen MR) is 67.0 cm³/mol. The first kappa shape index (κ1) is 13.0. The van der Waals surface area contributed by atoms with Gasteiger partial charge in [-0.3, -0.25) is 14.4 Å². The molecule has 20 heavy (non-hydrogen) atoms. The Balaban J connectivity index is 1.61. The lowest BCUT2D eigenvalue weighted by Gasteiger charge is -2.32. The second-order valence-corrected chi connectivity index (χ2v) is 5.51. The lowest BCUT2D eigenvalue weighted by molar-refractivity contribution is -0.143. The van der Waals surface area contributed by atoms with Crippen LogP contribution in [0.4, 0.5) is 0 Å². The molecule has 7 nitrogen and oxygen atoms in total. The van der Waals surface area contributed by atoms with E-state index in [9.17, 15) is 14.4 Å². The third-order valence-corrected chi connectivity index (χ3v) is 4.46. The van der Waals surface area contributed by atoms with Crippen LogP contribution in [-0.4, -0.2) is 42.1 Å². The van der Waals surface area contributed by atoms with Gasteiger partial charge in [0.2, 0.25) is 5.76 Å². The van der Waals surface area contributed by atoms with Crippen molar-refractivity contribution in [2.24, 2.45) is 11.3 Å². The SMILES string of the molecule is COC(=O)C1CC12CCN(C(=O)c1cc(=O)[nH]o1)CC2. The first-order valence-corrected chi connectivity index (χ1v) is 6.61. The van der Waals surface area contributed by atoms with Gasteiger partial charge in [-0.1, -0.05) is 0 Å². The molecule has 7 heteroatoms. The monoisotopic (exact) mass is 280 g/mol. The first-order valence-electron chi connectivity index (χ1n) is 6.61. The Hall–Kier alpha value is -2.05. The van der Waals surface area contributed by atoms with Crippen LogP contribution in [0.15, 0.2) is 15.4 Å². The highest BCUT2D eigenvalue weighted by atomic mass is 16.5. The third-order valence-electron chi connectivity index (χ3n) is 4.46. The highest BCUT2D eigenvalue weighted by Gasteiger charge is 2.59. The first-order chi connectivity index (χ1) is 9.55. The van der Waals surface area contributed by atoms with E-state index >= 15 is 0 Å². The Bertz CT molecular complexity index is 594. The summed E-state index contributed by atoms with van der Waals surface area (Å²) in [7, 11) is 1.40. The van der Waals surface area contributed by atoms with Crippen molar-refractivity contribution in [2.75, 3.05) is 20.2 Å². The van der Waals surface area contributed by atoms with E-state index in [0.29, 0.717) is 13.1 Å². The van der Waals surface area contributed by atoms with Gasteiger partial charge < -0.3 is 14.2 Å². The molecule has 108 valence electrons. The maximum atomic E-state index is 12.1. The second-order valence-electron chi connectivity index (χ2n) is 5.51. The van der Waals surface area contributed by atoms with Crippen LogP contribution in [0.3, 0.4) is 0 Å². The fourth-order valence-electron chi connectivity index (χ4n) is 3.08. The highest BCUT2D eigenvalue weighted by molar-refractivity contribution is 5.91. The number of esters is 1. The minimum atomic E-state index is -0.422. The van der Waals surface area contributed by atoms with E-state index in [4.69, 9.17) is 9.26 Å². The topological polar surface area (TPSA) is 92.6 Å². The van der Waals surface area contributed by atoms with Crippen molar-refractivity contribution in [2.45, 2.75) is 19.3 Å². The van der Waals surface area contributed by atoms with Gasteiger partial charge in [-0.2, -0.15) is 5.16 Å². The molecular formula is C13H16N2O5. The van der Waals surface area contributed by atoms with E-state index in [0.717, 1.165) is 25.3 Å². The Morgan fingerprint density at radius 1 is 1.45 bits per heavy atom. The van der Waals surface area contributed by atoms with Crippen molar-refractivity contribution in [3.8, 4) is 0 Å². The standard InChI is InChI=1S/C13H16N2O5/c1-19-12(18)8-7-13(8)2-4-15(5-3-13)11(17)9-6-10(16)14-20-9/h6,8H,2-5,7H2,1H3,(H,14,16). The number of likely N-dealkylation sites (tertiary alicyclic amines) is 1. The minimum Gasteiger partial charge on any atom is -0.469 e. The lowest BCUT2D eigenvalue weighted by atomic mass is 9.90. The minimum absolute atomic E-state index is 0.0167. The Kier molecular flexibility index (Phi) is 2.92. The van der Waals surface area contributed by atoms with Crippen LogP contribution in [-0.2, 0) is 9.53 Å². The molecule has 1 amide bonds. The van der Waals surface area contributed by atoms with Crippen molar-refractivity contribution in [1.29, 1.82) is 0 Å². The molecule has 2 aliphatic rings. The summed E-state index contributed by atoms with van der Waals surface area (Å²) in [6.45, 7) is 1.14. The fourth-order valence-corrected chi connectivity index (χ4v) is 3.08. The van der Waals surface area contributed by atoms with Crippen LogP contribution >= 0.6 is 0 Å². The largest absolute Gasteiger partial charge is 0.469 e. The molecule has 2 heterocycles. The molecule has 1 saturated heterocycles. The number of aromatic amines is 1. The van der Waals surface area contributed by atoms with Gasteiger partial charge in [-0.05, 0) is 24.7 Å². The number of ether oxygens (including phenoxy) is 1. The van der Waals surface area contributed by atoms with Crippen LogP contribution in [0.25, 0.3) is 0 Å². The molecule has 1 N–H and O–H groups in total. The van der Waals surface area contributed by atoms with Gasteiger partial charge in [-0.15, -0.1) is 0 Å². The van der Waals surface area contributed by atoms with Crippen LogP contribution < -0.4 is 5.56 Å². The molecule has 1 aliphatic heterocycles. The molecular weight excluding hydrogens is 264 g/mol. The lowest BCUT2D eigenvalue weighted by Crippen LogP contribution is -2.40. The quantitative estimate of drug-likeness (QED) is 0.791. The van der Waals surface area contributed by atoms with E-state index in [-0.39, 0.29) is 29.0 Å². The summed E-state index contributed by atoms with van der Waals surface area (Å²) in [5, 5.41) is 2.11. The van der Waals surface area contributed by atoms with E-state index < -0.39 is 5.56 Å². The highest BCUT2D eigenvalue weighted by Crippen LogP contribution is 2.59. The van der Waals surface area contributed by atoms with Crippen LogP contribution in [0.5, 0.6) is 0 Å². The number of nitrogens with zero attached hydrogens (tertiary/aromatic N) is 1. The van der Waals surface area contributed by atoms with E-state index in [2.05, 4.69) is 5.16 Å². The van der Waals surface area contributed by atoms with Gasteiger partial charge in [0, 0.05) is 13.1 Å². The summed E-state index contributed by atoms with van der Waals surface area (Å²) in [6.07, 6.45) is 2.42. The number of amides is 1. The molecule has 1 aromatic heterocycles. The number of carbonyl (C=O) groups excluding carboxylic acids is 2. The summed E-state index contributed by atoms with van der Waals surface area (Å²) in [4.78, 5) is 36.3. The third kappa shape index (κ3) is 2.03. The number of piperidine rings is 1. The predicted octanol–water partition coefficient (Wildman–Crippen LogP) is 0.383. The molecule has 2 fully saturated rings. The van der Waals surface area contributed by atoms with Crippen molar-refractivity contribution in [3.63, 3.8) is 0 Å². The summed E-state index contributed by atoms with van der Waals surface area (Å²) >= 11 is 0. The van der Waals surface area contributed by atoms with Crippen LogP contribution in [0.1, 0.15) is 29.8 Å². The average Bonchev–Trinajstić information content (AvgIpc) is 2.97. The zero-order valence-electron chi connectivity index (χ0n) is 11.2. The Labute approximate surface area is 114 Å². The van der Waals surface area contributed by atoms with Gasteiger partial charge in [0.1, 0.15) is 0 Å². The number of H-pyrrole nitrogens is 1. The summed E-state index contributed by atoms with van der Waals surface area (Å²) in [5.74, 6) is -0.420. The normalized spacial score (nSPS) is 23.6. The van der Waals surface area contributed by atoms with Gasteiger partial charge in [0.15, 0.2) is 0 Å². The molecule has 1 aromatic rings. The molecule has 0 bridgehead atoms. The molecule has 1 aliphatic carbocycles.